The van der Waals surface area contributed by atoms with E-state index in [4.69, 9.17) is 29.0 Å². The number of benzene rings is 2. The third kappa shape index (κ3) is 3.88. The van der Waals surface area contributed by atoms with Crippen LogP contribution in [0.4, 0.5) is 0 Å². The van der Waals surface area contributed by atoms with Crippen LogP contribution in [-0.4, -0.2) is 5.75 Å². The second-order valence-corrected chi connectivity index (χ2v) is 5.86. The summed E-state index contributed by atoms with van der Waals surface area (Å²) in [5.41, 5.74) is 3.79. The molecule has 0 aliphatic carbocycles. The van der Waals surface area contributed by atoms with E-state index in [1.165, 1.54) is 0 Å². The monoisotopic (exact) mass is 312 g/mol. The highest BCUT2D eigenvalue weighted by atomic mass is 35.5. The SMILES string of the molecule is NNC(CSc1ccccc1Cl)c1ccccc1Cl. The van der Waals surface area contributed by atoms with Crippen molar-refractivity contribution in [1.82, 2.24) is 5.43 Å². The Morgan fingerprint density at radius 1 is 1.00 bits per heavy atom. The van der Waals surface area contributed by atoms with Gasteiger partial charge in [-0.3, -0.25) is 11.3 Å². The Morgan fingerprint density at radius 3 is 2.26 bits per heavy atom. The Hall–Kier alpha value is -0.710. The molecule has 2 rings (SSSR count). The zero-order valence-electron chi connectivity index (χ0n) is 10.1. The maximum Gasteiger partial charge on any atom is 0.0568 e. The van der Waals surface area contributed by atoms with Crippen LogP contribution < -0.4 is 11.3 Å². The van der Waals surface area contributed by atoms with E-state index in [0.717, 1.165) is 21.2 Å². The summed E-state index contributed by atoms with van der Waals surface area (Å²) in [7, 11) is 0. The highest BCUT2D eigenvalue weighted by Gasteiger charge is 2.13. The Morgan fingerprint density at radius 2 is 1.63 bits per heavy atom. The number of rotatable bonds is 5. The van der Waals surface area contributed by atoms with Gasteiger partial charge in [-0.1, -0.05) is 53.5 Å². The lowest BCUT2D eigenvalue weighted by Crippen LogP contribution is -2.29. The van der Waals surface area contributed by atoms with Crippen molar-refractivity contribution in [2.45, 2.75) is 10.9 Å². The molecule has 0 fully saturated rings. The van der Waals surface area contributed by atoms with Gasteiger partial charge in [0, 0.05) is 15.7 Å². The average molecular weight is 313 g/mol. The zero-order chi connectivity index (χ0) is 13.7. The molecule has 0 amide bonds. The number of nitrogens with two attached hydrogens (primary N) is 1. The number of hydrogen-bond donors (Lipinski definition) is 2. The first-order chi connectivity index (χ1) is 9.22. The van der Waals surface area contributed by atoms with Crippen molar-refractivity contribution >= 4 is 35.0 Å². The number of hydrazine groups is 1. The molecule has 0 aliphatic rings. The smallest absolute Gasteiger partial charge is 0.0568 e. The minimum atomic E-state index is -0.0185. The van der Waals surface area contributed by atoms with Gasteiger partial charge in [-0.25, -0.2) is 0 Å². The highest BCUT2D eigenvalue weighted by molar-refractivity contribution is 7.99. The van der Waals surface area contributed by atoms with Crippen LogP contribution in [0.3, 0.4) is 0 Å². The fraction of sp³-hybridized carbons (Fsp3) is 0.143. The van der Waals surface area contributed by atoms with E-state index in [0.29, 0.717) is 5.02 Å². The van der Waals surface area contributed by atoms with Crippen LogP contribution in [0.1, 0.15) is 11.6 Å². The summed E-state index contributed by atoms with van der Waals surface area (Å²) in [6, 6.07) is 15.4. The fourth-order valence-corrected chi connectivity index (χ4v) is 3.29. The van der Waals surface area contributed by atoms with Gasteiger partial charge in [-0.15, -0.1) is 11.8 Å². The highest BCUT2D eigenvalue weighted by Crippen LogP contribution is 2.31. The molecule has 0 bridgehead atoms. The topological polar surface area (TPSA) is 38.0 Å². The molecule has 2 nitrogen and oxygen atoms in total. The minimum Gasteiger partial charge on any atom is -0.271 e. The molecule has 0 heterocycles. The molecule has 3 N–H and O–H groups in total. The van der Waals surface area contributed by atoms with E-state index in [-0.39, 0.29) is 6.04 Å². The first-order valence-corrected chi connectivity index (χ1v) is 7.54. The van der Waals surface area contributed by atoms with Crippen molar-refractivity contribution in [3.05, 3.63) is 64.1 Å². The first kappa shape index (κ1) is 14.7. The average Bonchev–Trinajstić information content (AvgIpc) is 2.43. The Bertz CT molecular complexity index is 548. The summed E-state index contributed by atoms with van der Waals surface area (Å²) in [6.45, 7) is 0. The van der Waals surface area contributed by atoms with E-state index < -0.39 is 0 Å². The Labute approximate surface area is 127 Å². The molecule has 0 aromatic heterocycles. The molecule has 19 heavy (non-hydrogen) atoms. The van der Waals surface area contributed by atoms with Gasteiger partial charge in [0.25, 0.3) is 0 Å². The van der Waals surface area contributed by atoms with E-state index in [1.54, 1.807) is 11.8 Å². The van der Waals surface area contributed by atoms with E-state index in [9.17, 15) is 0 Å². The summed E-state index contributed by atoms with van der Waals surface area (Å²) >= 11 is 14.0. The predicted molar refractivity (Wildman–Crippen MR) is 83.7 cm³/mol. The van der Waals surface area contributed by atoms with Crippen molar-refractivity contribution in [3.8, 4) is 0 Å². The summed E-state index contributed by atoms with van der Waals surface area (Å²) in [5.74, 6) is 6.37. The number of thioether (sulfide) groups is 1. The van der Waals surface area contributed by atoms with Gasteiger partial charge in [0.15, 0.2) is 0 Å². The lowest BCUT2D eigenvalue weighted by molar-refractivity contribution is 0.611. The second-order valence-electron chi connectivity index (χ2n) is 3.98. The molecule has 0 saturated heterocycles. The van der Waals surface area contributed by atoms with Crippen LogP contribution in [-0.2, 0) is 0 Å². The molecule has 0 aliphatic heterocycles. The molecule has 0 radical (unpaired) electrons. The maximum atomic E-state index is 6.18. The van der Waals surface area contributed by atoms with Gasteiger partial charge in [0.05, 0.1) is 11.1 Å². The molecular formula is C14H14Cl2N2S. The van der Waals surface area contributed by atoms with Crippen LogP contribution in [0.2, 0.25) is 10.0 Å². The molecule has 0 saturated carbocycles. The lowest BCUT2D eigenvalue weighted by Gasteiger charge is -2.17. The van der Waals surface area contributed by atoms with Gasteiger partial charge in [-0.05, 0) is 23.8 Å². The van der Waals surface area contributed by atoms with E-state index >= 15 is 0 Å². The van der Waals surface area contributed by atoms with Crippen LogP contribution in [0, 0.1) is 0 Å². The summed E-state index contributed by atoms with van der Waals surface area (Å²) in [6.07, 6.45) is 0. The molecule has 0 spiro atoms. The second kappa shape index (κ2) is 7.17. The molecule has 1 atom stereocenters. The van der Waals surface area contributed by atoms with E-state index in [2.05, 4.69) is 5.43 Å². The Kier molecular flexibility index (Phi) is 5.55. The van der Waals surface area contributed by atoms with Crippen LogP contribution in [0.15, 0.2) is 53.4 Å². The summed E-state index contributed by atoms with van der Waals surface area (Å²) in [4.78, 5) is 1.04. The lowest BCUT2D eigenvalue weighted by atomic mass is 10.1. The Balaban J connectivity index is 2.09. The largest absolute Gasteiger partial charge is 0.271 e. The molecular weight excluding hydrogens is 299 g/mol. The third-order valence-corrected chi connectivity index (χ3v) is 4.68. The molecule has 5 heteroatoms. The standard InChI is InChI=1S/C14H14Cl2N2S/c15-11-6-2-1-5-10(11)13(18-17)9-19-14-8-4-3-7-12(14)16/h1-8,13,18H,9,17H2. The third-order valence-electron chi connectivity index (χ3n) is 2.72. The van der Waals surface area contributed by atoms with Gasteiger partial charge >= 0.3 is 0 Å². The molecule has 1 unspecified atom stereocenters. The molecule has 2 aromatic rings. The predicted octanol–water partition coefficient (Wildman–Crippen LogP) is 4.29. The van der Waals surface area contributed by atoms with Crippen LogP contribution in [0.5, 0.6) is 0 Å². The van der Waals surface area contributed by atoms with Gasteiger partial charge in [-0.2, -0.15) is 0 Å². The van der Waals surface area contributed by atoms with Crippen molar-refractivity contribution in [1.29, 1.82) is 0 Å². The number of nitrogens with one attached hydrogen (secondary N) is 1. The van der Waals surface area contributed by atoms with Crippen LogP contribution in [0.25, 0.3) is 0 Å². The minimum absolute atomic E-state index is 0.0185. The normalized spacial score (nSPS) is 12.4. The molecule has 2 aromatic carbocycles. The van der Waals surface area contributed by atoms with Crippen molar-refractivity contribution in [2.75, 3.05) is 5.75 Å². The van der Waals surface area contributed by atoms with Crippen molar-refractivity contribution in [2.24, 2.45) is 5.84 Å². The maximum absolute atomic E-state index is 6.18. The van der Waals surface area contributed by atoms with Crippen molar-refractivity contribution < 1.29 is 0 Å². The fourth-order valence-electron chi connectivity index (χ4n) is 1.72. The number of hydrogen-bond acceptors (Lipinski definition) is 3. The van der Waals surface area contributed by atoms with Crippen molar-refractivity contribution in [3.63, 3.8) is 0 Å². The van der Waals surface area contributed by atoms with Gasteiger partial charge in [0.1, 0.15) is 0 Å². The van der Waals surface area contributed by atoms with Crippen LogP contribution >= 0.6 is 35.0 Å². The number of halogens is 2. The van der Waals surface area contributed by atoms with Gasteiger partial charge < -0.3 is 0 Å². The zero-order valence-corrected chi connectivity index (χ0v) is 12.5. The first-order valence-electron chi connectivity index (χ1n) is 5.80. The van der Waals surface area contributed by atoms with Gasteiger partial charge in [0.2, 0.25) is 0 Å². The van der Waals surface area contributed by atoms with E-state index in [1.807, 2.05) is 48.5 Å². The molecule has 100 valence electrons. The summed E-state index contributed by atoms with van der Waals surface area (Å²) < 4.78 is 0. The quantitative estimate of drug-likeness (QED) is 0.491. The summed E-state index contributed by atoms with van der Waals surface area (Å²) in [5, 5.41) is 1.47.